The molecule has 36 heavy (non-hydrogen) atoms. The lowest BCUT2D eigenvalue weighted by Crippen LogP contribution is -2.26. The molecular formula is C24H4F4N8. The van der Waals surface area contributed by atoms with E-state index in [0.717, 1.165) is 24.3 Å². The number of rotatable bonds is 0. The fourth-order valence-electron chi connectivity index (χ4n) is 4.16. The van der Waals surface area contributed by atoms with Crippen LogP contribution in [0.4, 0.5) is 17.6 Å². The van der Waals surface area contributed by atoms with Gasteiger partial charge in [0.2, 0.25) is 0 Å². The molecule has 0 amide bonds. The summed E-state index contributed by atoms with van der Waals surface area (Å²) in [7, 11) is 0. The zero-order chi connectivity index (χ0) is 25.7. The van der Waals surface area contributed by atoms with Crippen LogP contribution in [0.1, 0.15) is 0 Å². The van der Waals surface area contributed by atoms with Crippen molar-refractivity contribution in [2.75, 3.05) is 0 Å². The molecule has 0 spiro atoms. The van der Waals surface area contributed by atoms with Gasteiger partial charge in [-0.3, -0.25) is 0 Å². The summed E-state index contributed by atoms with van der Waals surface area (Å²) in [5, 5.41) is 51.8. The van der Waals surface area contributed by atoms with E-state index in [1.54, 1.807) is 24.3 Å². The van der Waals surface area contributed by atoms with E-state index in [1.807, 2.05) is 0 Å². The van der Waals surface area contributed by atoms with E-state index in [9.17, 15) is 38.6 Å². The molecule has 2 aliphatic heterocycles. The number of nitriles is 4. The maximum atomic E-state index is 14.5. The van der Waals surface area contributed by atoms with Gasteiger partial charge < -0.3 is 0 Å². The summed E-state index contributed by atoms with van der Waals surface area (Å²) < 4.78 is 58.2. The molecule has 0 unspecified atom stereocenters. The maximum Gasteiger partial charge on any atom is 0.173 e. The SMILES string of the molecule is N#CC1=NN=C(C#N)C1=c1c2cc(F)c(F)cc2c(=C2C(C#N)=NN=C2C#N)c2cc(F)c(F)cc12. The molecule has 168 valence electrons. The normalized spacial score (nSPS) is 14.6. The molecule has 0 saturated heterocycles. The van der Waals surface area contributed by atoms with Crippen LogP contribution in [0.2, 0.25) is 0 Å². The van der Waals surface area contributed by atoms with Gasteiger partial charge in [0.1, 0.15) is 24.3 Å². The average molecular weight is 480 g/mol. The zero-order valence-corrected chi connectivity index (χ0v) is 17.4. The fraction of sp³-hybridized carbons (Fsp3) is 0. The van der Waals surface area contributed by atoms with Crippen molar-refractivity contribution in [3.05, 3.63) is 58.0 Å². The number of nitrogens with zero attached hydrogens (tertiary/aromatic N) is 8. The molecule has 12 heteroatoms. The predicted octanol–water partition coefficient (Wildman–Crippen LogP) is 2.57. The Labute approximate surface area is 197 Å². The Bertz CT molecular complexity index is 1740. The Hall–Kier alpha value is -5.72. The lowest BCUT2D eigenvalue weighted by Gasteiger charge is -2.12. The van der Waals surface area contributed by atoms with E-state index in [1.165, 1.54) is 0 Å². The van der Waals surface area contributed by atoms with E-state index in [-0.39, 0.29) is 66.0 Å². The molecule has 0 aromatic heterocycles. The van der Waals surface area contributed by atoms with Crippen LogP contribution in [0.25, 0.3) is 32.7 Å². The Balaban J connectivity index is 2.28. The van der Waals surface area contributed by atoms with Crippen molar-refractivity contribution in [3.8, 4) is 24.3 Å². The molecule has 0 radical (unpaired) electrons. The molecular weight excluding hydrogens is 476 g/mol. The van der Waals surface area contributed by atoms with Crippen LogP contribution >= 0.6 is 0 Å². The first-order valence-corrected chi connectivity index (χ1v) is 9.75. The minimum atomic E-state index is -1.33. The van der Waals surface area contributed by atoms with Gasteiger partial charge in [-0.25, -0.2) is 17.6 Å². The van der Waals surface area contributed by atoms with E-state index >= 15 is 0 Å². The topological polar surface area (TPSA) is 145 Å². The third-order valence-electron chi connectivity index (χ3n) is 5.57. The van der Waals surface area contributed by atoms with Crippen LogP contribution in [-0.4, -0.2) is 22.8 Å². The second-order valence-electron chi connectivity index (χ2n) is 7.37. The molecule has 8 nitrogen and oxygen atoms in total. The second kappa shape index (κ2) is 7.95. The van der Waals surface area contributed by atoms with Crippen molar-refractivity contribution in [2.45, 2.75) is 0 Å². The smallest absolute Gasteiger partial charge is 0.173 e. The van der Waals surface area contributed by atoms with Gasteiger partial charge in [0.25, 0.3) is 0 Å². The molecule has 5 rings (SSSR count). The van der Waals surface area contributed by atoms with Crippen molar-refractivity contribution in [3.63, 3.8) is 0 Å². The Morgan fingerprint density at radius 2 is 0.667 bits per heavy atom. The van der Waals surface area contributed by atoms with E-state index in [4.69, 9.17) is 0 Å². The molecule has 0 saturated carbocycles. The molecule has 2 heterocycles. The summed E-state index contributed by atoms with van der Waals surface area (Å²) in [5.41, 5.74) is -1.91. The Morgan fingerprint density at radius 3 is 0.861 bits per heavy atom. The number of halogens is 4. The Morgan fingerprint density at radius 1 is 0.444 bits per heavy atom. The molecule has 3 aromatic carbocycles. The second-order valence-corrected chi connectivity index (χ2v) is 7.37. The van der Waals surface area contributed by atoms with Gasteiger partial charge >= 0.3 is 0 Å². The van der Waals surface area contributed by atoms with Gasteiger partial charge in [0, 0.05) is 10.4 Å². The van der Waals surface area contributed by atoms with Gasteiger partial charge in [0.05, 0.1) is 11.1 Å². The monoisotopic (exact) mass is 480 g/mol. The van der Waals surface area contributed by atoms with Crippen molar-refractivity contribution in [1.82, 2.24) is 0 Å². The van der Waals surface area contributed by atoms with Gasteiger partial charge in [-0.2, -0.15) is 21.0 Å². The maximum absolute atomic E-state index is 14.5. The molecule has 0 atom stereocenters. The summed E-state index contributed by atoms with van der Waals surface area (Å²) in [6.45, 7) is 0. The average Bonchev–Trinajstić information content (AvgIpc) is 3.48. The highest BCUT2D eigenvalue weighted by molar-refractivity contribution is 6.56. The summed E-state index contributed by atoms with van der Waals surface area (Å²) in [6.07, 6.45) is 0. The lowest BCUT2D eigenvalue weighted by atomic mass is 9.89. The van der Waals surface area contributed by atoms with Gasteiger partial charge in [0.15, 0.2) is 46.1 Å². The first-order chi connectivity index (χ1) is 17.3. The first-order valence-electron chi connectivity index (χ1n) is 9.75. The quantitative estimate of drug-likeness (QED) is 0.360. The van der Waals surface area contributed by atoms with E-state index < -0.39 is 23.3 Å². The summed E-state index contributed by atoms with van der Waals surface area (Å²) >= 11 is 0. The third-order valence-corrected chi connectivity index (χ3v) is 5.57. The molecule has 0 fully saturated rings. The summed E-state index contributed by atoms with van der Waals surface area (Å²) in [6, 6.07) is 9.92. The fourth-order valence-corrected chi connectivity index (χ4v) is 4.16. The highest BCUT2D eigenvalue weighted by atomic mass is 19.2. The van der Waals surface area contributed by atoms with Crippen LogP contribution < -0.4 is 10.4 Å². The van der Waals surface area contributed by atoms with Crippen LogP contribution in [0, 0.1) is 68.6 Å². The molecule has 0 N–H and O–H groups in total. The van der Waals surface area contributed by atoms with Crippen LogP contribution in [0.5, 0.6) is 0 Å². The highest BCUT2D eigenvalue weighted by Gasteiger charge is 2.28. The standard InChI is InChI=1S/C24H4F4N8/c25-13-1-9-10(2-14(13)26)22(24-19(7-31)35-36-20(24)8-32)12-4-16(28)15(27)3-11(12)21(9)23-17(5-29)33-34-18(23)6-30/h1-4H. The van der Waals surface area contributed by atoms with Gasteiger partial charge in [-0.05, 0) is 45.8 Å². The minimum absolute atomic E-state index is 0.149. The number of hydrogen-bond acceptors (Lipinski definition) is 8. The first kappa shape index (κ1) is 22.1. The summed E-state index contributed by atoms with van der Waals surface area (Å²) in [5.74, 6) is -5.33. The molecule has 2 aliphatic rings. The van der Waals surface area contributed by atoms with Gasteiger partial charge in [-0.15, -0.1) is 20.4 Å². The van der Waals surface area contributed by atoms with E-state index in [2.05, 4.69) is 20.4 Å². The summed E-state index contributed by atoms with van der Waals surface area (Å²) in [4.78, 5) is 0. The predicted molar refractivity (Wildman–Crippen MR) is 120 cm³/mol. The lowest BCUT2D eigenvalue weighted by molar-refractivity contribution is 0.510. The largest absolute Gasteiger partial charge is 0.204 e. The van der Waals surface area contributed by atoms with Gasteiger partial charge in [-0.1, -0.05) is 0 Å². The van der Waals surface area contributed by atoms with Crippen molar-refractivity contribution in [2.24, 2.45) is 20.4 Å². The number of fused-ring (bicyclic) bond motifs is 2. The molecule has 0 bridgehead atoms. The highest BCUT2D eigenvalue weighted by Crippen LogP contribution is 2.25. The number of hydrogen-bond donors (Lipinski definition) is 0. The zero-order valence-electron chi connectivity index (χ0n) is 17.4. The third kappa shape index (κ3) is 2.96. The van der Waals surface area contributed by atoms with E-state index in [0.29, 0.717) is 0 Å². The van der Waals surface area contributed by atoms with Crippen molar-refractivity contribution in [1.29, 1.82) is 21.0 Å². The van der Waals surface area contributed by atoms with Crippen molar-refractivity contribution < 1.29 is 17.6 Å². The minimum Gasteiger partial charge on any atom is -0.204 e. The van der Waals surface area contributed by atoms with Crippen LogP contribution in [0.3, 0.4) is 0 Å². The number of benzene rings is 3. The molecule has 0 aliphatic carbocycles. The molecule has 3 aromatic rings. The van der Waals surface area contributed by atoms with Crippen LogP contribution in [-0.2, 0) is 0 Å². The van der Waals surface area contributed by atoms with Crippen molar-refractivity contribution >= 4 is 55.5 Å². The Kier molecular flexibility index (Phi) is 4.88. The van der Waals surface area contributed by atoms with Crippen LogP contribution in [0.15, 0.2) is 44.7 Å².